The fourth-order valence-corrected chi connectivity index (χ4v) is 2.18. The molecule has 20 heavy (non-hydrogen) atoms. The van der Waals surface area contributed by atoms with Crippen molar-refractivity contribution in [2.75, 3.05) is 0 Å². The Balaban J connectivity index is 2.38. The van der Waals surface area contributed by atoms with Crippen LogP contribution in [0.15, 0.2) is 29.9 Å². The molecule has 1 atom stereocenters. The van der Waals surface area contributed by atoms with Crippen molar-refractivity contribution in [1.82, 2.24) is 0 Å². The maximum absolute atomic E-state index is 10.6. The molecule has 1 aliphatic heterocycles. The van der Waals surface area contributed by atoms with Gasteiger partial charge in [-0.05, 0) is 49.6 Å². The number of benzene rings is 1. The van der Waals surface area contributed by atoms with Gasteiger partial charge in [-0.15, -0.1) is 0 Å². The zero-order valence-corrected chi connectivity index (χ0v) is 11.6. The minimum atomic E-state index is -0.979. The smallest absolute Gasteiger partial charge is 0.328 e. The topological polar surface area (TPSA) is 66.8 Å². The van der Waals surface area contributed by atoms with Gasteiger partial charge in [0.25, 0.3) is 0 Å². The summed E-state index contributed by atoms with van der Waals surface area (Å²) >= 11 is 0. The average molecular weight is 274 g/mol. The zero-order chi connectivity index (χ0) is 14.7. The van der Waals surface area contributed by atoms with E-state index in [0.717, 1.165) is 28.5 Å². The number of rotatable bonds is 4. The van der Waals surface area contributed by atoms with Crippen LogP contribution in [0.3, 0.4) is 0 Å². The maximum atomic E-state index is 10.6. The fourth-order valence-electron chi connectivity index (χ4n) is 2.18. The summed E-state index contributed by atoms with van der Waals surface area (Å²) in [6, 6.07) is 3.76. The molecule has 2 N–H and O–H groups in total. The molecule has 0 aromatic heterocycles. The summed E-state index contributed by atoms with van der Waals surface area (Å²) in [5.74, 6) is -0.255. The number of hydrogen-bond acceptors (Lipinski definition) is 3. The summed E-state index contributed by atoms with van der Waals surface area (Å²) in [4.78, 5) is 10.6. The molecule has 1 unspecified atom stereocenters. The number of carboxylic acid groups (broad SMARTS) is 1. The molecule has 1 aromatic carbocycles. The first-order chi connectivity index (χ1) is 9.45. The van der Waals surface area contributed by atoms with Gasteiger partial charge < -0.3 is 14.9 Å². The SMILES string of the molecule is CC(C)=CCc1cc(C=CC(=O)O)cc2c1OC(O)C2. The van der Waals surface area contributed by atoms with Crippen LogP contribution in [0.5, 0.6) is 5.75 Å². The van der Waals surface area contributed by atoms with Crippen LogP contribution in [0.4, 0.5) is 0 Å². The van der Waals surface area contributed by atoms with E-state index in [2.05, 4.69) is 6.08 Å². The van der Waals surface area contributed by atoms with E-state index in [0.29, 0.717) is 12.8 Å². The second-order valence-electron chi connectivity index (χ2n) is 5.10. The highest BCUT2D eigenvalue weighted by Gasteiger charge is 2.23. The van der Waals surface area contributed by atoms with Crippen molar-refractivity contribution in [3.05, 3.63) is 46.5 Å². The molecule has 4 heteroatoms. The molecule has 1 heterocycles. The van der Waals surface area contributed by atoms with Gasteiger partial charge in [0.2, 0.25) is 6.29 Å². The van der Waals surface area contributed by atoms with E-state index >= 15 is 0 Å². The van der Waals surface area contributed by atoms with Crippen LogP contribution in [0.1, 0.15) is 30.5 Å². The van der Waals surface area contributed by atoms with Crippen LogP contribution in [0.2, 0.25) is 0 Å². The average Bonchev–Trinajstić information content (AvgIpc) is 2.73. The largest absolute Gasteiger partial charge is 0.478 e. The number of aliphatic hydroxyl groups excluding tert-OH is 1. The van der Waals surface area contributed by atoms with Gasteiger partial charge in [-0.2, -0.15) is 0 Å². The number of ether oxygens (including phenoxy) is 1. The summed E-state index contributed by atoms with van der Waals surface area (Å²) in [6.45, 7) is 4.04. The number of aliphatic carboxylic acids is 1. The molecule has 4 nitrogen and oxygen atoms in total. The lowest BCUT2D eigenvalue weighted by atomic mass is 10.00. The Morgan fingerprint density at radius 3 is 2.85 bits per heavy atom. The van der Waals surface area contributed by atoms with Gasteiger partial charge in [-0.3, -0.25) is 0 Å². The van der Waals surface area contributed by atoms with Crippen LogP contribution in [0.25, 0.3) is 6.08 Å². The first-order valence-corrected chi connectivity index (χ1v) is 6.50. The van der Waals surface area contributed by atoms with Gasteiger partial charge in [0.05, 0.1) is 0 Å². The second kappa shape index (κ2) is 5.92. The Hall–Kier alpha value is -2.07. The van der Waals surface area contributed by atoms with Gasteiger partial charge in [0.1, 0.15) is 5.75 Å². The van der Waals surface area contributed by atoms with E-state index in [1.54, 1.807) is 6.08 Å². The third-order valence-electron chi connectivity index (χ3n) is 3.06. The number of hydrogen-bond donors (Lipinski definition) is 2. The number of allylic oxidation sites excluding steroid dienone is 2. The molecule has 0 radical (unpaired) electrons. The summed E-state index contributed by atoms with van der Waals surface area (Å²) in [6.07, 6.45) is 5.07. The lowest BCUT2D eigenvalue weighted by Crippen LogP contribution is -2.10. The minimum Gasteiger partial charge on any atom is -0.478 e. The first kappa shape index (κ1) is 14.3. The number of carboxylic acids is 1. The lowest BCUT2D eigenvalue weighted by Gasteiger charge is -2.09. The molecular weight excluding hydrogens is 256 g/mol. The van der Waals surface area contributed by atoms with Crippen LogP contribution in [-0.4, -0.2) is 22.5 Å². The molecule has 0 aliphatic carbocycles. The Morgan fingerprint density at radius 2 is 2.20 bits per heavy atom. The van der Waals surface area contributed by atoms with Crippen LogP contribution in [0, 0.1) is 0 Å². The summed E-state index contributed by atoms with van der Waals surface area (Å²) in [5, 5.41) is 18.3. The molecule has 1 aliphatic rings. The van der Waals surface area contributed by atoms with Crippen molar-refractivity contribution in [2.45, 2.75) is 33.0 Å². The van der Waals surface area contributed by atoms with Gasteiger partial charge >= 0.3 is 5.97 Å². The molecule has 1 aromatic rings. The predicted molar refractivity (Wildman–Crippen MR) is 76.6 cm³/mol. The van der Waals surface area contributed by atoms with E-state index in [1.165, 1.54) is 5.57 Å². The van der Waals surface area contributed by atoms with Crippen LogP contribution in [-0.2, 0) is 17.6 Å². The van der Waals surface area contributed by atoms with E-state index in [1.807, 2.05) is 26.0 Å². The highest BCUT2D eigenvalue weighted by molar-refractivity contribution is 5.85. The molecule has 106 valence electrons. The Morgan fingerprint density at radius 1 is 1.45 bits per heavy atom. The quantitative estimate of drug-likeness (QED) is 0.654. The van der Waals surface area contributed by atoms with Crippen molar-refractivity contribution >= 4 is 12.0 Å². The molecule has 0 amide bonds. The van der Waals surface area contributed by atoms with Crippen molar-refractivity contribution in [3.63, 3.8) is 0 Å². The second-order valence-corrected chi connectivity index (χ2v) is 5.10. The molecule has 0 bridgehead atoms. The van der Waals surface area contributed by atoms with Gasteiger partial charge in [0, 0.05) is 18.1 Å². The maximum Gasteiger partial charge on any atom is 0.328 e. The van der Waals surface area contributed by atoms with E-state index < -0.39 is 12.3 Å². The monoisotopic (exact) mass is 274 g/mol. The van der Waals surface area contributed by atoms with Gasteiger partial charge in [0.15, 0.2) is 0 Å². The number of fused-ring (bicyclic) bond motifs is 1. The molecule has 0 saturated carbocycles. The Labute approximate surface area is 118 Å². The van der Waals surface area contributed by atoms with Gasteiger partial charge in [-0.25, -0.2) is 4.79 Å². The predicted octanol–water partition coefficient (Wildman–Crippen LogP) is 2.55. The molecule has 0 fully saturated rings. The van der Waals surface area contributed by atoms with E-state index in [4.69, 9.17) is 9.84 Å². The van der Waals surface area contributed by atoms with E-state index in [9.17, 15) is 9.90 Å². The van der Waals surface area contributed by atoms with E-state index in [-0.39, 0.29) is 0 Å². The standard InChI is InChI=1S/C16H18O4/c1-10(2)3-5-12-7-11(4-6-14(17)18)8-13-9-15(19)20-16(12)13/h3-4,6-8,15,19H,5,9H2,1-2H3,(H,17,18). The fraction of sp³-hybridized carbons (Fsp3) is 0.312. The first-order valence-electron chi connectivity index (χ1n) is 6.50. The third kappa shape index (κ3) is 3.48. The van der Waals surface area contributed by atoms with Crippen LogP contribution < -0.4 is 4.74 Å². The zero-order valence-electron chi connectivity index (χ0n) is 11.6. The highest BCUT2D eigenvalue weighted by atomic mass is 16.6. The lowest BCUT2D eigenvalue weighted by molar-refractivity contribution is -0.131. The highest BCUT2D eigenvalue weighted by Crippen LogP contribution is 2.34. The normalized spacial score (nSPS) is 16.9. The van der Waals surface area contributed by atoms with Crippen molar-refractivity contribution in [1.29, 1.82) is 0 Å². The van der Waals surface area contributed by atoms with Crippen LogP contribution >= 0.6 is 0 Å². The summed E-state index contributed by atoms with van der Waals surface area (Å²) < 4.78 is 5.44. The number of aliphatic hydroxyl groups is 1. The number of carbonyl (C=O) groups is 1. The molecule has 0 saturated heterocycles. The summed E-state index contributed by atoms with van der Waals surface area (Å²) in [5.41, 5.74) is 3.89. The Kier molecular flexibility index (Phi) is 4.25. The molecule has 0 spiro atoms. The third-order valence-corrected chi connectivity index (χ3v) is 3.06. The molecular formula is C16H18O4. The summed E-state index contributed by atoms with van der Waals surface area (Å²) in [7, 11) is 0. The molecule has 2 rings (SSSR count). The Bertz CT molecular complexity index is 580. The van der Waals surface area contributed by atoms with Gasteiger partial charge in [-0.1, -0.05) is 11.6 Å². The van der Waals surface area contributed by atoms with Crippen molar-refractivity contribution in [2.24, 2.45) is 0 Å². The minimum absolute atomic E-state index is 0.436. The van der Waals surface area contributed by atoms with Crippen molar-refractivity contribution in [3.8, 4) is 5.75 Å². The van der Waals surface area contributed by atoms with Crippen molar-refractivity contribution < 1.29 is 19.7 Å².